The molecule has 1 N–H and O–H groups in total. The van der Waals surface area contributed by atoms with Gasteiger partial charge in [-0.05, 0) is 39.9 Å². The summed E-state index contributed by atoms with van der Waals surface area (Å²) >= 11 is 0. The maximum Gasteiger partial charge on any atom is 0.407 e. The van der Waals surface area contributed by atoms with Crippen molar-refractivity contribution in [2.45, 2.75) is 18.4 Å². The van der Waals surface area contributed by atoms with Crippen molar-refractivity contribution in [3.8, 4) is 11.1 Å². The van der Waals surface area contributed by atoms with Crippen LogP contribution >= 0.6 is 0 Å². The van der Waals surface area contributed by atoms with Crippen LogP contribution in [0.3, 0.4) is 0 Å². The molecule has 198 valence electrons. The number of alkyl carbamates (subject to hydrolysis) is 1. The van der Waals surface area contributed by atoms with Crippen molar-refractivity contribution >= 4 is 23.9 Å². The van der Waals surface area contributed by atoms with Gasteiger partial charge in [-0.1, -0.05) is 96.1 Å². The SMILES string of the molecule is O=C(NC(Cc1ccccc1)C(=O)ON1C(=O)c2ccccc2C1=O)OCC1c2ccccc2-c2ccccc21. The van der Waals surface area contributed by atoms with Crippen molar-refractivity contribution in [3.05, 3.63) is 131 Å². The van der Waals surface area contributed by atoms with E-state index in [-0.39, 0.29) is 30.1 Å². The predicted molar refractivity (Wildman–Crippen MR) is 145 cm³/mol. The lowest BCUT2D eigenvalue weighted by Gasteiger charge is -2.21. The van der Waals surface area contributed by atoms with E-state index in [2.05, 4.69) is 5.32 Å². The number of benzene rings is 4. The van der Waals surface area contributed by atoms with E-state index in [1.165, 1.54) is 12.1 Å². The van der Waals surface area contributed by atoms with Crippen LogP contribution in [0, 0.1) is 0 Å². The Balaban J connectivity index is 1.17. The summed E-state index contributed by atoms with van der Waals surface area (Å²) in [4.78, 5) is 56.9. The quantitative estimate of drug-likeness (QED) is 0.340. The minimum absolute atomic E-state index is 0.0609. The average Bonchev–Trinajstić information content (AvgIpc) is 3.43. The number of imide groups is 1. The molecule has 2 aliphatic rings. The highest BCUT2D eigenvalue weighted by molar-refractivity contribution is 6.21. The fourth-order valence-corrected chi connectivity index (χ4v) is 5.23. The largest absolute Gasteiger partial charge is 0.449 e. The third kappa shape index (κ3) is 4.60. The van der Waals surface area contributed by atoms with Gasteiger partial charge < -0.3 is 14.9 Å². The number of carbonyl (C=O) groups excluding carboxylic acids is 4. The van der Waals surface area contributed by atoms with Crippen molar-refractivity contribution in [2.75, 3.05) is 6.61 Å². The van der Waals surface area contributed by atoms with E-state index in [9.17, 15) is 19.2 Å². The summed E-state index contributed by atoms with van der Waals surface area (Å²) in [6.07, 6.45) is -0.755. The van der Waals surface area contributed by atoms with E-state index >= 15 is 0 Å². The number of amides is 3. The number of hydroxylamine groups is 2. The van der Waals surface area contributed by atoms with Crippen LogP contribution in [0.1, 0.15) is 43.3 Å². The van der Waals surface area contributed by atoms with Crippen LogP contribution in [0.25, 0.3) is 11.1 Å². The Kier molecular flexibility index (Phi) is 6.57. The van der Waals surface area contributed by atoms with Gasteiger partial charge in [0.1, 0.15) is 12.6 Å². The smallest absolute Gasteiger partial charge is 0.407 e. The van der Waals surface area contributed by atoms with Crippen molar-refractivity contribution < 1.29 is 28.8 Å². The van der Waals surface area contributed by atoms with Gasteiger partial charge >= 0.3 is 12.1 Å². The zero-order valence-electron chi connectivity index (χ0n) is 21.3. The Bertz CT molecular complexity index is 1550. The molecule has 40 heavy (non-hydrogen) atoms. The highest BCUT2D eigenvalue weighted by Crippen LogP contribution is 2.44. The van der Waals surface area contributed by atoms with Crippen molar-refractivity contribution in [1.82, 2.24) is 10.4 Å². The lowest BCUT2D eigenvalue weighted by atomic mass is 9.98. The first kappa shape index (κ1) is 25.1. The van der Waals surface area contributed by atoms with E-state index in [1.807, 2.05) is 54.6 Å². The maximum absolute atomic E-state index is 13.2. The van der Waals surface area contributed by atoms with Crippen LogP contribution in [0.15, 0.2) is 103 Å². The van der Waals surface area contributed by atoms with Gasteiger partial charge in [0.25, 0.3) is 11.8 Å². The molecule has 3 amide bonds. The molecule has 8 nitrogen and oxygen atoms in total. The highest BCUT2D eigenvalue weighted by Gasteiger charge is 2.40. The number of ether oxygens (including phenoxy) is 1. The number of rotatable bonds is 7. The van der Waals surface area contributed by atoms with Gasteiger partial charge in [0, 0.05) is 12.3 Å². The summed E-state index contributed by atoms with van der Waals surface area (Å²) in [5.74, 6) is -2.61. The second kappa shape index (κ2) is 10.5. The molecule has 1 aliphatic carbocycles. The summed E-state index contributed by atoms with van der Waals surface area (Å²) in [6.45, 7) is 0.0609. The maximum atomic E-state index is 13.2. The fourth-order valence-electron chi connectivity index (χ4n) is 5.23. The van der Waals surface area contributed by atoms with E-state index in [0.29, 0.717) is 5.06 Å². The minimum Gasteiger partial charge on any atom is -0.449 e. The Hall–Kier alpha value is -5.24. The number of nitrogens with zero attached hydrogens (tertiary/aromatic N) is 1. The predicted octanol–water partition coefficient (Wildman–Crippen LogP) is 4.89. The summed E-state index contributed by atoms with van der Waals surface area (Å²) in [5.41, 5.74) is 5.33. The molecule has 1 atom stereocenters. The van der Waals surface area contributed by atoms with Gasteiger partial charge in [0.15, 0.2) is 0 Å². The standard InChI is InChI=1S/C32H24N2O6/c35-29-25-16-8-9-17-26(25)30(36)34(29)40-31(37)28(18-20-10-2-1-3-11-20)33-32(38)39-19-27-23-14-6-4-12-21(23)22-13-5-7-15-24(22)27/h1-17,27-28H,18-19H2,(H,33,38). The molecule has 8 heteroatoms. The van der Waals surface area contributed by atoms with Crippen molar-refractivity contribution in [3.63, 3.8) is 0 Å². The lowest BCUT2D eigenvalue weighted by Crippen LogP contribution is -2.47. The molecule has 0 radical (unpaired) electrons. The van der Waals surface area contributed by atoms with Crippen molar-refractivity contribution in [1.29, 1.82) is 0 Å². The van der Waals surface area contributed by atoms with Gasteiger partial charge in [0.2, 0.25) is 0 Å². The number of hydrogen-bond acceptors (Lipinski definition) is 6. The van der Waals surface area contributed by atoms with E-state index < -0.39 is 29.9 Å². The molecule has 0 saturated carbocycles. The summed E-state index contributed by atoms with van der Waals surface area (Å²) in [5, 5.41) is 3.01. The molecule has 6 rings (SSSR count). The van der Waals surface area contributed by atoms with E-state index in [0.717, 1.165) is 27.8 Å². The third-order valence-electron chi connectivity index (χ3n) is 7.14. The molecular formula is C32H24N2O6. The van der Waals surface area contributed by atoms with Crippen LogP contribution in [-0.4, -0.2) is 41.6 Å². The number of nitrogens with one attached hydrogen (secondary N) is 1. The average molecular weight is 533 g/mol. The molecule has 0 spiro atoms. The Morgan fingerprint density at radius 2 is 1.20 bits per heavy atom. The van der Waals surface area contributed by atoms with Gasteiger partial charge in [-0.2, -0.15) is 0 Å². The molecule has 0 bridgehead atoms. The second-order valence-electron chi connectivity index (χ2n) is 9.57. The molecule has 0 saturated heterocycles. The second-order valence-corrected chi connectivity index (χ2v) is 9.57. The number of hydrogen-bond donors (Lipinski definition) is 1. The summed E-state index contributed by atoms with van der Waals surface area (Å²) in [6, 6.07) is 29.9. The van der Waals surface area contributed by atoms with Crippen molar-refractivity contribution in [2.24, 2.45) is 0 Å². The minimum atomic E-state index is -1.22. The Morgan fingerprint density at radius 1 is 0.700 bits per heavy atom. The first-order valence-corrected chi connectivity index (χ1v) is 12.9. The van der Waals surface area contributed by atoms with Crippen LogP contribution < -0.4 is 5.32 Å². The first-order chi connectivity index (χ1) is 19.5. The van der Waals surface area contributed by atoms with Gasteiger partial charge in [0.05, 0.1) is 11.1 Å². The molecule has 1 unspecified atom stereocenters. The number of fused-ring (bicyclic) bond motifs is 4. The highest BCUT2D eigenvalue weighted by atomic mass is 16.7. The Labute approximate surface area is 230 Å². The first-order valence-electron chi connectivity index (χ1n) is 12.9. The third-order valence-corrected chi connectivity index (χ3v) is 7.14. The van der Waals surface area contributed by atoms with Crippen LogP contribution in [0.4, 0.5) is 4.79 Å². The van der Waals surface area contributed by atoms with Gasteiger partial charge in [-0.3, -0.25) is 9.59 Å². The van der Waals surface area contributed by atoms with Gasteiger partial charge in [-0.25, -0.2) is 9.59 Å². The topological polar surface area (TPSA) is 102 Å². The fraction of sp³-hybridized carbons (Fsp3) is 0.125. The van der Waals surface area contributed by atoms with Crippen LogP contribution in [0.5, 0.6) is 0 Å². The molecule has 4 aromatic carbocycles. The molecule has 0 fully saturated rings. The molecular weight excluding hydrogens is 508 g/mol. The monoisotopic (exact) mass is 532 g/mol. The zero-order valence-corrected chi connectivity index (χ0v) is 21.3. The zero-order chi connectivity index (χ0) is 27.6. The normalized spacial score (nSPS) is 14.2. The van der Waals surface area contributed by atoms with Crippen LogP contribution in [-0.2, 0) is 20.8 Å². The molecule has 1 aliphatic heterocycles. The Morgan fingerprint density at radius 3 is 1.77 bits per heavy atom. The summed E-state index contributed by atoms with van der Waals surface area (Å²) in [7, 11) is 0. The molecule has 4 aromatic rings. The van der Waals surface area contributed by atoms with Crippen LogP contribution in [0.2, 0.25) is 0 Å². The lowest BCUT2D eigenvalue weighted by molar-refractivity contribution is -0.171. The molecule has 1 heterocycles. The van der Waals surface area contributed by atoms with E-state index in [1.54, 1.807) is 36.4 Å². The van der Waals surface area contributed by atoms with E-state index in [4.69, 9.17) is 9.57 Å². The van der Waals surface area contributed by atoms with Gasteiger partial charge in [-0.15, -0.1) is 0 Å². The molecule has 0 aromatic heterocycles. The number of carbonyl (C=O) groups is 4. The summed E-state index contributed by atoms with van der Waals surface area (Å²) < 4.78 is 5.62.